The van der Waals surface area contributed by atoms with Crippen molar-refractivity contribution >= 4 is 22.6 Å². The third-order valence-electron chi connectivity index (χ3n) is 7.09. The SMILES string of the molecule is C[C@@H](Oc1cc(-c2ccc(N3CCNCC3)cn2)cc2ncn(C3CC3)c12)C1CNC(=O)C1. The number of benzene rings is 1. The average Bonchev–Trinajstić information content (AvgIpc) is 3.45. The standard InChI is InChI=1S/C25H30N6O2/c1-16(18-12-24(32)28-13-18)33-23-11-17(10-22-25(23)31(15-29-22)19-2-3-19)21-5-4-20(14-27-21)30-8-6-26-7-9-30/h4-5,10-11,14-16,18-19,26H,2-3,6-9,12-13H2,1H3,(H,28,32)/t16-,18?/m1/s1. The maximum absolute atomic E-state index is 11.7. The zero-order valence-electron chi connectivity index (χ0n) is 19.0. The second kappa shape index (κ2) is 8.33. The van der Waals surface area contributed by atoms with Crippen LogP contribution in [0.15, 0.2) is 36.8 Å². The summed E-state index contributed by atoms with van der Waals surface area (Å²) in [6.45, 7) is 6.73. The number of anilines is 1. The molecule has 3 aromatic rings. The number of imidazole rings is 1. The van der Waals surface area contributed by atoms with E-state index in [-0.39, 0.29) is 17.9 Å². The van der Waals surface area contributed by atoms with Crippen molar-refractivity contribution < 1.29 is 9.53 Å². The second-order valence-electron chi connectivity index (χ2n) is 9.46. The Bertz CT molecular complexity index is 1160. The molecule has 1 aliphatic carbocycles. The summed E-state index contributed by atoms with van der Waals surface area (Å²) < 4.78 is 8.77. The number of carbonyl (C=O) groups excluding carboxylic acids is 1. The summed E-state index contributed by atoms with van der Waals surface area (Å²) in [5.41, 5.74) is 5.03. The maximum Gasteiger partial charge on any atom is 0.220 e. The van der Waals surface area contributed by atoms with Gasteiger partial charge in [0, 0.05) is 56.7 Å². The molecule has 2 N–H and O–H groups in total. The number of amides is 1. The number of nitrogens with one attached hydrogen (secondary N) is 2. The molecule has 1 aromatic carbocycles. The Morgan fingerprint density at radius 3 is 2.70 bits per heavy atom. The van der Waals surface area contributed by atoms with Crippen LogP contribution in [0.5, 0.6) is 5.75 Å². The quantitative estimate of drug-likeness (QED) is 0.606. The molecule has 0 radical (unpaired) electrons. The lowest BCUT2D eigenvalue weighted by Gasteiger charge is -2.29. The molecule has 1 unspecified atom stereocenters. The molecule has 2 atom stereocenters. The van der Waals surface area contributed by atoms with Gasteiger partial charge in [-0.2, -0.15) is 0 Å². The van der Waals surface area contributed by atoms with Crippen LogP contribution >= 0.6 is 0 Å². The summed E-state index contributed by atoms with van der Waals surface area (Å²) in [5.74, 6) is 1.10. The number of piperazine rings is 1. The predicted octanol–water partition coefficient (Wildman–Crippen LogP) is 2.75. The molecular formula is C25H30N6O2. The number of hydrogen-bond acceptors (Lipinski definition) is 6. The van der Waals surface area contributed by atoms with E-state index in [0.29, 0.717) is 19.0 Å². The molecule has 8 nitrogen and oxygen atoms in total. The minimum absolute atomic E-state index is 0.0759. The number of rotatable bonds is 6. The van der Waals surface area contributed by atoms with Gasteiger partial charge in [-0.3, -0.25) is 9.78 Å². The van der Waals surface area contributed by atoms with Crippen LogP contribution in [0.4, 0.5) is 5.69 Å². The number of hydrogen-bond donors (Lipinski definition) is 2. The maximum atomic E-state index is 11.7. The molecular weight excluding hydrogens is 416 g/mol. The summed E-state index contributed by atoms with van der Waals surface area (Å²) >= 11 is 0. The largest absolute Gasteiger partial charge is 0.488 e. The molecule has 4 heterocycles. The molecule has 172 valence electrons. The van der Waals surface area contributed by atoms with Crippen LogP contribution in [0.2, 0.25) is 0 Å². The summed E-state index contributed by atoms with van der Waals surface area (Å²) in [5, 5.41) is 6.31. The zero-order chi connectivity index (χ0) is 22.4. The van der Waals surface area contributed by atoms with Crippen molar-refractivity contribution in [2.45, 2.75) is 38.3 Å². The van der Waals surface area contributed by atoms with Crippen LogP contribution in [0.25, 0.3) is 22.3 Å². The van der Waals surface area contributed by atoms with Crippen LogP contribution in [0.1, 0.15) is 32.2 Å². The lowest BCUT2D eigenvalue weighted by atomic mass is 10.0. The minimum Gasteiger partial charge on any atom is -0.488 e. The average molecular weight is 447 g/mol. The number of aromatic nitrogens is 3. The predicted molar refractivity (Wildman–Crippen MR) is 128 cm³/mol. The molecule has 2 aliphatic heterocycles. The van der Waals surface area contributed by atoms with Crippen LogP contribution in [0.3, 0.4) is 0 Å². The fourth-order valence-electron chi connectivity index (χ4n) is 4.92. The van der Waals surface area contributed by atoms with Gasteiger partial charge in [-0.15, -0.1) is 0 Å². The van der Waals surface area contributed by atoms with Crippen LogP contribution in [0, 0.1) is 5.92 Å². The first-order valence-electron chi connectivity index (χ1n) is 12.0. The number of nitrogens with zero attached hydrogens (tertiary/aromatic N) is 4. The van der Waals surface area contributed by atoms with Crippen molar-refractivity contribution in [2.24, 2.45) is 5.92 Å². The van der Waals surface area contributed by atoms with Gasteiger partial charge in [0.15, 0.2) is 0 Å². The second-order valence-corrected chi connectivity index (χ2v) is 9.46. The Morgan fingerprint density at radius 2 is 2.00 bits per heavy atom. The molecule has 2 aromatic heterocycles. The molecule has 3 fully saturated rings. The van der Waals surface area contributed by atoms with E-state index >= 15 is 0 Å². The smallest absolute Gasteiger partial charge is 0.220 e. The minimum atomic E-state index is -0.0759. The van der Waals surface area contributed by atoms with Gasteiger partial charge in [0.25, 0.3) is 0 Å². The Kier molecular flexibility index (Phi) is 5.17. The highest BCUT2D eigenvalue weighted by molar-refractivity contribution is 5.88. The summed E-state index contributed by atoms with van der Waals surface area (Å²) in [4.78, 5) is 23.6. The normalized spacial score (nSPS) is 21.9. The Hall–Kier alpha value is -3.13. The Morgan fingerprint density at radius 1 is 1.15 bits per heavy atom. The molecule has 3 aliphatic rings. The first kappa shape index (κ1) is 20.5. The fraction of sp³-hybridized carbons (Fsp3) is 0.480. The third-order valence-corrected chi connectivity index (χ3v) is 7.09. The first-order valence-corrected chi connectivity index (χ1v) is 12.0. The molecule has 1 saturated carbocycles. The number of ether oxygens (including phenoxy) is 1. The van der Waals surface area contributed by atoms with E-state index in [9.17, 15) is 4.79 Å². The van der Waals surface area contributed by atoms with Crippen molar-refractivity contribution in [1.82, 2.24) is 25.2 Å². The van der Waals surface area contributed by atoms with Crippen molar-refractivity contribution in [1.29, 1.82) is 0 Å². The highest BCUT2D eigenvalue weighted by Crippen LogP contribution is 2.41. The molecule has 1 amide bonds. The van der Waals surface area contributed by atoms with Gasteiger partial charge in [0.2, 0.25) is 5.91 Å². The van der Waals surface area contributed by atoms with E-state index in [1.54, 1.807) is 0 Å². The van der Waals surface area contributed by atoms with E-state index in [1.165, 1.54) is 12.8 Å². The van der Waals surface area contributed by atoms with Crippen LogP contribution in [-0.2, 0) is 4.79 Å². The number of pyridine rings is 1. The van der Waals surface area contributed by atoms with Crippen molar-refractivity contribution in [3.63, 3.8) is 0 Å². The molecule has 8 heteroatoms. The Labute approximate surface area is 193 Å². The summed E-state index contributed by atoms with van der Waals surface area (Å²) in [7, 11) is 0. The van der Waals surface area contributed by atoms with Crippen molar-refractivity contribution in [2.75, 3.05) is 37.6 Å². The van der Waals surface area contributed by atoms with Crippen LogP contribution in [-0.4, -0.2) is 59.3 Å². The van der Waals surface area contributed by atoms with Gasteiger partial charge in [-0.1, -0.05) is 0 Å². The molecule has 0 bridgehead atoms. The third kappa shape index (κ3) is 4.04. The van der Waals surface area contributed by atoms with E-state index in [2.05, 4.69) is 51.3 Å². The highest BCUT2D eigenvalue weighted by Gasteiger charge is 2.30. The fourth-order valence-corrected chi connectivity index (χ4v) is 4.92. The van der Waals surface area contributed by atoms with Crippen molar-refractivity contribution in [3.05, 3.63) is 36.8 Å². The van der Waals surface area contributed by atoms with Gasteiger partial charge in [-0.05, 0) is 44.0 Å². The van der Waals surface area contributed by atoms with Gasteiger partial charge in [0.05, 0.1) is 29.4 Å². The summed E-state index contributed by atoms with van der Waals surface area (Å²) in [6, 6.07) is 8.95. The van der Waals surface area contributed by atoms with Gasteiger partial charge < -0.3 is 24.8 Å². The summed E-state index contributed by atoms with van der Waals surface area (Å²) in [6.07, 6.45) is 6.70. The topological polar surface area (TPSA) is 84.3 Å². The molecule has 0 spiro atoms. The first-order chi connectivity index (χ1) is 16.2. The van der Waals surface area contributed by atoms with E-state index < -0.39 is 0 Å². The number of carbonyl (C=O) groups is 1. The lowest BCUT2D eigenvalue weighted by molar-refractivity contribution is -0.119. The monoisotopic (exact) mass is 446 g/mol. The Balaban J connectivity index is 1.33. The van der Waals surface area contributed by atoms with E-state index in [0.717, 1.165) is 59.9 Å². The lowest BCUT2D eigenvalue weighted by Crippen LogP contribution is -2.43. The van der Waals surface area contributed by atoms with Crippen LogP contribution < -0.4 is 20.3 Å². The zero-order valence-corrected chi connectivity index (χ0v) is 19.0. The van der Waals surface area contributed by atoms with Gasteiger partial charge in [-0.25, -0.2) is 4.98 Å². The van der Waals surface area contributed by atoms with Gasteiger partial charge >= 0.3 is 0 Å². The van der Waals surface area contributed by atoms with Gasteiger partial charge in [0.1, 0.15) is 17.4 Å². The van der Waals surface area contributed by atoms with E-state index in [1.807, 2.05) is 12.5 Å². The molecule has 2 saturated heterocycles. The number of fused-ring (bicyclic) bond motifs is 1. The highest BCUT2D eigenvalue weighted by atomic mass is 16.5. The molecule has 6 rings (SSSR count). The van der Waals surface area contributed by atoms with E-state index in [4.69, 9.17) is 14.7 Å². The molecule has 33 heavy (non-hydrogen) atoms. The van der Waals surface area contributed by atoms with Crippen molar-refractivity contribution in [3.8, 4) is 17.0 Å².